The van der Waals surface area contributed by atoms with Crippen molar-refractivity contribution >= 4 is 34.8 Å². The lowest BCUT2D eigenvalue weighted by atomic mass is 10.2. The van der Waals surface area contributed by atoms with Crippen LogP contribution in [0.25, 0.3) is 0 Å². The summed E-state index contributed by atoms with van der Waals surface area (Å²) in [5, 5.41) is 3.40. The quantitative estimate of drug-likeness (QED) is 0.894. The van der Waals surface area contributed by atoms with E-state index in [0.29, 0.717) is 34.4 Å². The van der Waals surface area contributed by atoms with Crippen molar-refractivity contribution in [2.45, 2.75) is 25.0 Å². The van der Waals surface area contributed by atoms with Gasteiger partial charge >= 0.3 is 0 Å². The summed E-state index contributed by atoms with van der Waals surface area (Å²) in [6.45, 7) is 0.421. The van der Waals surface area contributed by atoms with Crippen molar-refractivity contribution < 1.29 is 14.3 Å². The zero-order valence-corrected chi connectivity index (χ0v) is 12.5. The highest BCUT2D eigenvalue weighted by Gasteiger charge is 2.30. The van der Waals surface area contributed by atoms with E-state index in [0.717, 1.165) is 6.42 Å². The van der Waals surface area contributed by atoms with Crippen LogP contribution in [0.3, 0.4) is 0 Å². The molecule has 0 aromatic heterocycles. The van der Waals surface area contributed by atoms with Crippen molar-refractivity contribution in [1.29, 1.82) is 0 Å². The van der Waals surface area contributed by atoms with Crippen LogP contribution in [0.1, 0.15) is 12.8 Å². The number of amides is 1. The maximum Gasteiger partial charge on any atom is 0.253 e. The Balaban J connectivity index is 2.05. The number of nitrogens with two attached hydrogens (primary N) is 1. The molecule has 1 fully saturated rings. The van der Waals surface area contributed by atoms with Gasteiger partial charge in [-0.25, -0.2) is 0 Å². The van der Waals surface area contributed by atoms with E-state index in [-0.39, 0.29) is 12.0 Å². The predicted octanol–water partition coefficient (Wildman–Crippen LogP) is 2.45. The van der Waals surface area contributed by atoms with Gasteiger partial charge in [0.25, 0.3) is 5.91 Å². The predicted molar refractivity (Wildman–Crippen MR) is 78.6 cm³/mol. The molecule has 0 bridgehead atoms. The summed E-state index contributed by atoms with van der Waals surface area (Å²) in [5.41, 5.74) is 6.02. The molecule has 110 valence electrons. The van der Waals surface area contributed by atoms with Crippen molar-refractivity contribution in [3.8, 4) is 5.75 Å². The molecule has 2 atom stereocenters. The number of rotatable bonds is 4. The van der Waals surface area contributed by atoms with E-state index >= 15 is 0 Å². The monoisotopic (exact) mass is 318 g/mol. The number of hydrogen-bond donors (Lipinski definition) is 2. The minimum absolute atomic E-state index is 0.0474. The van der Waals surface area contributed by atoms with E-state index in [1.54, 1.807) is 12.1 Å². The Hall–Kier alpha value is -1.01. The van der Waals surface area contributed by atoms with E-state index in [2.05, 4.69) is 5.32 Å². The van der Waals surface area contributed by atoms with Gasteiger partial charge in [-0.15, -0.1) is 0 Å². The Kier molecular flexibility index (Phi) is 5.10. The van der Waals surface area contributed by atoms with Crippen LogP contribution in [0.5, 0.6) is 5.75 Å². The summed E-state index contributed by atoms with van der Waals surface area (Å²) in [7, 11) is 1.48. The van der Waals surface area contributed by atoms with Gasteiger partial charge in [0, 0.05) is 12.2 Å². The Bertz CT molecular complexity index is 487. The third-order valence-electron chi connectivity index (χ3n) is 3.13. The van der Waals surface area contributed by atoms with E-state index in [4.69, 9.17) is 38.4 Å². The summed E-state index contributed by atoms with van der Waals surface area (Å²) in [6.07, 6.45) is 0.918. The third-order valence-corrected chi connectivity index (χ3v) is 3.69. The van der Waals surface area contributed by atoms with Gasteiger partial charge in [-0.3, -0.25) is 4.79 Å². The van der Waals surface area contributed by atoms with E-state index in [9.17, 15) is 4.79 Å². The highest BCUT2D eigenvalue weighted by molar-refractivity contribution is 6.37. The SMILES string of the molecule is COc1c(Cl)cc(NC(=O)[C@@H]2CC[C@H](CN)O2)cc1Cl. The molecule has 1 heterocycles. The standard InChI is InChI=1S/C13H16Cl2N2O3/c1-19-12-9(14)4-7(5-10(12)15)17-13(18)11-3-2-8(6-16)20-11/h4-5,8,11H,2-3,6,16H2,1H3,(H,17,18)/t8-,11+/m1/s1. The van der Waals surface area contributed by atoms with Gasteiger partial charge in [0.05, 0.1) is 23.3 Å². The molecular formula is C13H16Cl2N2O3. The highest BCUT2D eigenvalue weighted by Crippen LogP contribution is 2.35. The Morgan fingerprint density at radius 2 is 2.10 bits per heavy atom. The van der Waals surface area contributed by atoms with Crippen LogP contribution < -0.4 is 15.8 Å². The van der Waals surface area contributed by atoms with Crippen molar-refractivity contribution in [2.75, 3.05) is 19.0 Å². The topological polar surface area (TPSA) is 73.6 Å². The van der Waals surface area contributed by atoms with Crippen LogP contribution in [0.15, 0.2) is 12.1 Å². The second kappa shape index (κ2) is 6.63. The van der Waals surface area contributed by atoms with E-state index in [1.807, 2.05) is 0 Å². The molecule has 7 heteroatoms. The largest absolute Gasteiger partial charge is 0.494 e. The average Bonchev–Trinajstić information content (AvgIpc) is 2.87. The van der Waals surface area contributed by atoms with Crippen LogP contribution in [0.2, 0.25) is 10.0 Å². The van der Waals surface area contributed by atoms with Crippen LogP contribution in [0.4, 0.5) is 5.69 Å². The molecule has 1 aliphatic heterocycles. The normalized spacial score (nSPS) is 21.8. The second-order valence-corrected chi connectivity index (χ2v) is 5.34. The zero-order chi connectivity index (χ0) is 14.7. The van der Waals surface area contributed by atoms with Crippen molar-refractivity contribution in [3.63, 3.8) is 0 Å². The van der Waals surface area contributed by atoms with Gasteiger partial charge in [-0.2, -0.15) is 0 Å². The smallest absolute Gasteiger partial charge is 0.253 e. The number of carbonyl (C=O) groups is 1. The first-order valence-electron chi connectivity index (χ1n) is 6.24. The molecule has 1 aromatic rings. The number of halogens is 2. The van der Waals surface area contributed by atoms with E-state index in [1.165, 1.54) is 7.11 Å². The lowest BCUT2D eigenvalue weighted by molar-refractivity contribution is -0.126. The second-order valence-electron chi connectivity index (χ2n) is 4.52. The maximum absolute atomic E-state index is 12.1. The van der Waals surface area contributed by atoms with Gasteiger partial charge in [-0.1, -0.05) is 23.2 Å². The average molecular weight is 319 g/mol. The summed E-state index contributed by atoms with van der Waals surface area (Å²) in [6, 6.07) is 3.17. The molecule has 1 amide bonds. The number of ether oxygens (including phenoxy) is 2. The summed E-state index contributed by atoms with van der Waals surface area (Å²) in [4.78, 5) is 12.1. The molecule has 1 aromatic carbocycles. The van der Waals surface area contributed by atoms with Crippen LogP contribution in [0, 0.1) is 0 Å². The van der Waals surface area contributed by atoms with Crippen LogP contribution in [-0.2, 0) is 9.53 Å². The fourth-order valence-corrected chi connectivity index (χ4v) is 2.76. The molecule has 0 radical (unpaired) electrons. The first-order chi connectivity index (χ1) is 9.55. The van der Waals surface area contributed by atoms with Gasteiger partial charge < -0.3 is 20.5 Å². The lowest BCUT2D eigenvalue weighted by Gasteiger charge is -2.14. The molecule has 1 saturated heterocycles. The number of carbonyl (C=O) groups excluding carboxylic acids is 1. The zero-order valence-electron chi connectivity index (χ0n) is 11.0. The lowest BCUT2D eigenvalue weighted by Crippen LogP contribution is -2.29. The summed E-state index contributed by atoms with van der Waals surface area (Å²) < 4.78 is 10.6. The fourth-order valence-electron chi connectivity index (χ4n) is 2.12. The fraction of sp³-hybridized carbons (Fsp3) is 0.462. The van der Waals surface area contributed by atoms with Gasteiger partial charge in [-0.05, 0) is 25.0 Å². The van der Waals surface area contributed by atoms with E-state index < -0.39 is 6.10 Å². The third kappa shape index (κ3) is 3.35. The molecule has 5 nitrogen and oxygen atoms in total. The molecule has 0 unspecified atom stereocenters. The van der Waals surface area contributed by atoms with Gasteiger partial charge in [0.15, 0.2) is 5.75 Å². The Morgan fingerprint density at radius 1 is 1.45 bits per heavy atom. The van der Waals surface area contributed by atoms with Crippen LogP contribution in [-0.4, -0.2) is 31.8 Å². The molecule has 0 saturated carbocycles. The number of benzene rings is 1. The van der Waals surface area contributed by atoms with Crippen molar-refractivity contribution in [1.82, 2.24) is 0 Å². The highest BCUT2D eigenvalue weighted by atomic mass is 35.5. The molecule has 0 aliphatic carbocycles. The Morgan fingerprint density at radius 3 is 2.60 bits per heavy atom. The molecule has 0 spiro atoms. The molecule has 3 N–H and O–H groups in total. The minimum atomic E-state index is -0.483. The number of nitrogens with one attached hydrogen (secondary N) is 1. The Labute approximate surface area is 127 Å². The van der Waals surface area contributed by atoms with Crippen molar-refractivity contribution in [2.24, 2.45) is 5.73 Å². The molecule has 1 aliphatic rings. The summed E-state index contributed by atoms with van der Waals surface area (Å²) in [5.74, 6) is 0.157. The molecular weight excluding hydrogens is 303 g/mol. The molecule has 20 heavy (non-hydrogen) atoms. The van der Waals surface area contributed by atoms with Crippen molar-refractivity contribution in [3.05, 3.63) is 22.2 Å². The first kappa shape index (κ1) is 15.4. The van der Waals surface area contributed by atoms with Gasteiger partial charge in [0.2, 0.25) is 0 Å². The number of methoxy groups -OCH3 is 1. The number of hydrogen-bond acceptors (Lipinski definition) is 4. The summed E-state index contributed by atoms with van der Waals surface area (Å²) >= 11 is 12.0. The first-order valence-corrected chi connectivity index (χ1v) is 7.00. The minimum Gasteiger partial charge on any atom is -0.494 e. The maximum atomic E-state index is 12.1. The molecule has 2 rings (SSSR count). The van der Waals surface area contributed by atoms with Gasteiger partial charge in [0.1, 0.15) is 6.10 Å². The van der Waals surface area contributed by atoms with Crippen LogP contribution >= 0.6 is 23.2 Å². The number of anilines is 1.